The van der Waals surface area contributed by atoms with E-state index in [9.17, 15) is 0 Å². The number of nitrogens with zero attached hydrogens (tertiary/aromatic N) is 1. The van der Waals surface area contributed by atoms with Gasteiger partial charge in [-0.2, -0.15) is 5.26 Å². The van der Waals surface area contributed by atoms with Crippen LogP contribution in [0.4, 0.5) is 0 Å². The SMILES string of the molecule is N#CCCNCCC1(c2ccc(Cl)c(Cl)c2)CCCNC1. The third-order valence-corrected chi connectivity index (χ3v) is 4.94. The highest BCUT2D eigenvalue weighted by molar-refractivity contribution is 6.42. The van der Waals surface area contributed by atoms with Crippen molar-refractivity contribution in [3.8, 4) is 6.07 Å². The molecule has 21 heavy (non-hydrogen) atoms. The Morgan fingerprint density at radius 3 is 2.81 bits per heavy atom. The second kappa shape index (κ2) is 8.00. The third kappa shape index (κ3) is 4.34. The van der Waals surface area contributed by atoms with Crippen molar-refractivity contribution in [1.29, 1.82) is 5.26 Å². The zero-order valence-corrected chi connectivity index (χ0v) is 13.6. The van der Waals surface area contributed by atoms with Gasteiger partial charge in [-0.05, 0) is 50.0 Å². The highest BCUT2D eigenvalue weighted by Gasteiger charge is 2.33. The lowest BCUT2D eigenvalue weighted by molar-refractivity contribution is 0.289. The molecule has 114 valence electrons. The van der Waals surface area contributed by atoms with Gasteiger partial charge >= 0.3 is 0 Å². The minimum absolute atomic E-state index is 0.103. The van der Waals surface area contributed by atoms with Crippen LogP contribution >= 0.6 is 23.2 Å². The van der Waals surface area contributed by atoms with Crippen molar-refractivity contribution in [3.05, 3.63) is 33.8 Å². The molecule has 0 spiro atoms. The van der Waals surface area contributed by atoms with Crippen molar-refractivity contribution in [2.45, 2.75) is 31.1 Å². The van der Waals surface area contributed by atoms with Gasteiger partial charge in [0.1, 0.15) is 0 Å². The van der Waals surface area contributed by atoms with Crippen LogP contribution < -0.4 is 10.6 Å². The zero-order valence-electron chi connectivity index (χ0n) is 12.1. The standard InChI is InChI=1S/C16H21Cl2N3/c17-14-4-3-13(11-15(14)18)16(5-1-8-21-12-16)6-10-20-9-2-7-19/h3-4,11,20-21H,1-2,5-6,8-10,12H2. The molecule has 2 rings (SSSR count). The molecule has 5 heteroatoms. The van der Waals surface area contributed by atoms with E-state index in [4.69, 9.17) is 28.5 Å². The van der Waals surface area contributed by atoms with E-state index in [1.807, 2.05) is 12.1 Å². The summed E-state index contributed by atoms with van der Waals surface area (Å²) in [6.07, 6.45) is 3.90. The van der Waals surface area contributed by atoms with Crippen LogP contribution in [0.3, 0.4) is 0 Å². The Labute approximate surface area is 136 Å². The molecule has 0 aromatic heterocycles. The maximum atomic E-state index is 8.57. The van der Waals surface area contributed by atoms with E-state index in [2.05, 4.69) is 22.8 Å². The maximum Gasteiger partial charge on any atom is 0.0635 e. The summed E-state index contributed by atoms with van der Waals surface area (Å²) in [5, 5.41) is 16.6. The van der Waals surface area contributed by atoms with Gasteiger partial charge in [0, 0.05) is 24.9 Å². The van der Waals surface area contributed by atoms with Crippen LogP contribution in [0, 0.1) is 11.3 Å². The van der Waals surface area contributed by atoms with E-state index >= 15 is 0 Å². The quantitative estimate of drug-likeness (QED) is 0.787. The Morgan fingerprint density at radius 1 is 1.29 bits per heavy atom. The Kier molecular flexibility index (Phi) is 6.32. The van der Waals surface area contributed by atoms with Crippen molar-refractivity contribution >= 4 is 23.2 Å². The lowest BCUT2D eigenvalue weighted by Crippen LogP contribution is -2.45. The molecule has 0 saturated carbocycles. The van der Waals surface area contributed by atoms with Crippen molar-refractivity contribution in [3.63, 3.8) is 0 Å². The average molecular weight is 326 g/mol. The Bertz CT molecular complexity index is 505. The molecule has 1 saturated heterocycles. The van der Waals surface area contributed by atoms with Gasteiger partial charge in [0.15, 0.2) is 0 Å². The van der Waals surface area contributed by atoms with Crippen LogP contribution in [0.2, 0.25) is 10.0 Å². The van der Waals surface area contributed by atoms with Gasteiger partial charge in [0.05, 0.1) is 16.1 Å². The van der Waals surface area contributed by atoms with Gasteiger partial charge in [-0.25, -0.2) is 0 Å². The summed E-state index contributed by atoms with van der Waals surface area (Å²) in [7, 11) is 0. The van der Waals surface area contributed by atoms with Gasteiger partial charge in [0.2, 0.25) is 0 Å². The van der Waals surface area contributed by atoms with E-state index in [1.165, 1.54) is 12.0 Å². The summed E-state index contributed by atoms with van der Waals surface area (Å²) in [6, 6.07) is 8.14. The Hall–Kier alpha value is -0.790. The predicted molar refractivity (Wildman–Crippen MR) is 88.0 cm³/mol. The molecule has 1 atom stereocenters. The first kappa shape index (κ1) is 16.6. The second-order valence-electron chi connectivity index (χ2n) is 5.60. The van der Waals surface area contributed by atoms with Crippen LogP contribution in [-0.2, 0) is 5.41 Å². The molecule has 0 aliphatic carbocycles. The number of piperidine rings is 1. The third-order valence-electron chi connectivity index (χ3n) is 4.20. The molecule has 0 bridgehead atoms. The summed E-state index contributed by atoms with van der Waals surface area (Å²) in [5.74, 6) is 0. The number of halogens is 2. The molecule has 1 aliphatic heterocycles. The molecular formula is C16H21Cl2N3. The molecule has 1 aromatic rings. The molecule has 1 aliphatic rings. The summed E-state index contributed by atoms with van der Waals surface area (Å²) in [5.41, 5.74) is 1.36. The number of hydrogen-bond donors (Lipinski definition) is 2. The molecule has 0 radical (unpaired) electrons. The number of nitrogens with one attached hydrogen (secondary N) is 2. The van der Waals surface area contributed by atoms with Crippen molar-refractivity contribution in [2.75, 3.05) is 26.2 Å². The number of hydrogen-bond acceptors (Lipinski definition) is 3. The first-order valence-electron chi connectivity index (χ1n) is 7.42. The zero-order chi connectivity index (χ0) is 15.1. The van der Waals surface area contributed by atoms with E-state index < -0.39 is 0 Å². The van der Waals surface area contributed by atoms with Gasteiger partial charge in [0.25, 0.3) is 0 Å². The Morgan fingerprint density at radius 2 is 2.14 bits per heavy atom. The summed E-state index contributed by atoms with van der Waals surface area (Å²) >= 11 is 12.2. The first-order valence-corrected chi connectivity index (χ1v) is 8.17. The first-order chi connectivity index (χ1) is 10.2. The number of nitriles is 1. The molecule has 2 N–H and O–H groups in total. The lowest BCUT2D eigenvalue weighted by Gasteiger charge is -2.38. The highest BCUT2D eigenvalue weighted by atomic mass is 35.5. The minimum Gasteiger partial charge on any atom is -0.316 e. The normalized spacial score (nSPS) is 22.0. The summed E-state index contributed by atoms with van der Waals surface area (Å²) in [6.45, 7) is 3.70. The van der Waals surface area contributed by atoms with Crippen molar-refractivity contribution in [1.82, 2.24) is 10.6 Å². The summed E-state index contributed by atoms with van der Waals surface area (Å²) in [4.78, 5) is 0. The fourth-order valence-electron chi connectivity index (χ4n) is 2.99. The van der Waals surface area contributed by atoms with Gasteiger partial charge in [-0.3, -0.25) is 0 Å². The fourth-order valence-corrected chi connectivity index (χ4v) is 3.29. The summed E-state index contributed by atoms with van der Waals surface area (Å²) < 4.78 is 0. The molecule has 3 nitrogen and oxygen atoms in total. The molecular weight excluding hydrogens is 305 g/mol. The van der Waals surface area contributed by atoms with Crippen LogP contribution in [0.25, 0.3) is 0 Å². The Balaban J connectivity index is 2.09. The largest absolute Gasteiger partial charge is 0.316 e. The average Bonchev–Trinajstić information content (AvgIpc) is 2.51. The topological polar surface area (TPSA) is 47.9 Å². The van der Waals surface area contributed by atoms with Crippen LogP contribution in [-0.4, -0.2) is 26.2 Å². The molecule has 0 amide bonds. The lowest BCUT2D eigenvalue weighted by atomic mass is 9.72. The van der Waals surface area contributed by atoms with Crippen molar-refractivity contribution < 1.29 is 0 Å². The molecule has 1 aromatic carbocycles. The van der Waals surface area contributed by atoms with Gasteiger partial charge in [-0.15, -0.1) is 0 Å². The highest BCUT2D eigenvalue weighted by Crippen LogP contribution is 2.37. The number of benzene rings is 1. The predicted octanol–water partition coefficient (Wildman–Crippen LogP) is 3.51. The minimum atomic E-state index is 0.103. The van der Waals surface area contributed by atoms with E-state index in [1.54, 1.807) is 0 Å². The van der Waals surface area contributed by atoms with E-state index in [0.717, 1.165) is 39.0 Å². The fraction of sp³-hybridized carbons (Fsp3) is 0.562. The number of rotatable bonds is 6. The van der Waals surface area contributed by atoms with Crippen molar-refractivity contribution in [2.24, 2.45) is 0 Å². The smallest absolute Gasteiger partial charge is 0.0635 e. The molecule has 1 unspecified atom stereocenters. The van der Waals surface area contributed by atoms with Crippen LogP contribution in [0.15, 0.2) is 18.2 Å². The van der Waals surface area contributed by atoms with E-state index in [-0.39, 0.29) is 5.41 Å². The van der Waals surface area contributed by atoms with Crippen LogP contribution in [0.5, 0.6) is 0 Å². The maximum absolute atomic E-state index is 8.57. The van der Waals surface area contributed by atoms with E-state index in [0.29, 0.717) is 16.5 Å². The molecule has 1 fully saturated rings. The second-order valence-corrected chi connectivity index (χ2v) is 6.41. The van der Waals surface area contributed by atoms with Crippen LogP contribution in [0.1, 0.15) is 31.2 Å². The monoisotopic (exact) mass is 325 g/mol. The van der Waals surface area contributed by atoms with Gasteiger partial charge in [-0.1, -0.05) is 29.3 Å². The van der Waals surface area contributed by atoms with Gasteiger partial charge < -0.3 is 10.6 Å². The molecule has 1 heterocycles.